The monoisotopic (exact) mass is 322 g/mol. The SMILES string of the molecule is O=C(C1CCC1)N1CCO[C@]2(CCCN(c3nncs3)C2)C1. The van der Waals surface area contributed by atoms with Gasteiger partial charge in [0.2, 0.25) is 11.0 Å². The van der Waals surface area contributed by atoms with Crippen molar-refractivity contribution in [3.63, 3.8) is 0 Å². The summed E-state index contributed by atoms with van der Waals surface area (Å²) in [6.07, 6.45) is 5.44. The van der Waals surface area contributed by atoms with E-state index in [4.69, 9.17) is 4.74 Å². The summed E-state index contributed by atoms with van der Waals surface area (Å²) < 4.78 is 6.17. The minimum atomic E-state index is -0.221. The van der Waals surface area contributed by atoms with Crippen LogP contribution in [0.25, 0.3) is 0 Å². The van der Waals surface area contributed by atoms with Crippen LogP contribution in [0.2, 0.25) is 0 Å². The number of carbonyl (C=O) groups is 1. The highest BCUT2D eigenvalue weighted by Gasteiger charge is 2.43. The van der Waals surface area contributed by atoms with E-state index in [0.29, 0.717) is 12.5 Å². The highest BCUT2D eigenvalue weighted by Crippen LogP contribution is 2.34. The molecule has 0 aromatic carbocycles. The van der Waals surface area contributed by atoms with Crippen LogP contribution in [0.5, 0.6) is 0 Å². The largest absolute Gasteiger partial charge is 0.369 e. The lowest BCUT2D eigenvalue weighted by molar-refractivity contribution is -0.158. The summed E-state index contributed by atoms with van der Waals surface area (Å²) in [6, 6.07) is 0. The topological polar surface area (TPSA) is 58.6 Å². The number of nitrogens with zero attached hydrogens (tertiary/aromatic N) is 4. The molecule has 7 heteroatoms. The van der Waals surface area contributed by atoms with Crippen LogP contribution in [0, 0.1) is 5.92 Å². The van der Waals surface area contributed by atoms with E-state index in [1.165, 1.54) is 6.42 Å². The normalized spacial score (nSPS) is 29.6. The molecule has 1 saturated carbocycles. The van der Waals surface area contributed by atoms with Crippen molar-refractivity contribution in [2.45, 2.75) is 37.7 Å². The summed E-state index contributed by atoms with van der Waals surface area (Å²) >= 11 is 1.57. The average Bonchev–Trinajstić information content (AvgIpc) is 3.00. The van der Waals surface area contributed by atoms with Crippen molar-refractivity contribution >= 4 is 22.4 Å². The van der Waals surface area contributed by atoms with Crippen molar-refractivity contribution < 1.29 is 9.53 Å². The number of rotatable bonds is 2. The van der Waals surface area contributed by atoms with E-state index < -0.39 is 0 Å². The Morgan fingerprint density at radius 2 is 2.23 bits per heavy atom. The van der Waals surface area contributed by atoms with E-state index in [1.54, 1.807) is 16.8 Å². The smallest absolute Gasteiger partial charge is 0.225 e. The fourth-order valence-corrected chi connectivity index (χ4v) is 4.35. The maximum absolute atomic E-state index is 12.6. The maximum Gasteiger partial charge on any atom is 0.225 e. The van der Waals surface area contributed by atoms with Crippen LogP contribution < -0.4 is 4.90 Å². The van der Waals surface area contributed by atoms with Crippen molar-refractivity contribution in [3.05, 3.63) is 5.51 Å². The molecule has 3 aliphatic rings. The molecule has 1 atom stereocenters. The van der Waals surface area contributed by atoms with E-state index in [2.05, 4.69) is 20.0 Å². The molecule has 0 N–H and O–H groups in total. The van der Waals surface area contributed by atoms with Gasteiger partial charge in [0.15, 0.2) is 0 Å². The Hall–Kier alpha value is -1.21. The summed E-state index contributed by atoms with van der Waals surface area (Å²) in [5.74, 6) is 0.625. The van der Waals surface area contributed by atoms with Gasteiger partial charge in [-0.2, -0.15) is 0 Å². The molecule has 0 radical (unpaired) electrons. The lowest BCUT2D eigenvalue weighted by atomic mass is 9.83. The highest BCUT2D eigenvalue weighted by molar-refractivity contribution is 7.13. The Labute approximate surface area is 134 Å². The number of piperidine rings is 1. The number of anilines is 1. The second-order valence-electron chi connectivity index (χ2n) is 6.67. The second-order valence-corrected chi connectivity index (χ2v) is 7.48. The van der Waals surface area contributed by atoms with E-state index in [-0.39, 0.29) is 11.5 Å². The number of morpholine rings is 1. The van der Waals surface area contributed by atoms with Gasteiger partial charge in [0.25, 0.3) is 0 Å². The molecule has 3 fully saturated rings. The van der Waals surface area contributed by atoms with Gasteiger partial charge in [-0.3, -0.25) is 4.79 Å². The molecule has 0 bridgehead atoms. The molecule has 1 aliphatic carbocycles. The number of carbonyl (C=O) groups excluding carboxylic acids is 1. The minimum absolute atomic E-state index is 0.221. The van der Waals surface area contributed by atoms with Gasteiger partial charge in [-0.05, 0) is 25.7 Å². The van der Waals surface area contributed by atoms with E-state index >= 15 is 0 Å². The summed E-state index contributed by atoms with van der Waals surface area (Å²) in [7, 11) is 0. The number of hydrogen-bond acceptors (Lipinski definition) is 6. The molecule has 1 spiro atoms. The molecule has 2 aliphatic heterocycles. The average molecular weight is 322 g/mol. The first kappa shape index (κ1) is 14.4. The molecule has 4 rings (SSSR count). The number of ether oxygens (including phenoxy) is 1. The minimum Gasteiger partial charge on any atom is -0.369 e. The summed E-state index contributed by atoms with van der Waals surface area (Å²) in [5.41, 5.74) is 1.55. The zero-order valence-corrected chi connectivity index (χ0v) is 13.6. The molecule has 120 valence electrons. The van der Waals surface area contributed by atoms with Crippen LogP contribution in [0.15, 0.2) is 5.51 Å². The van der Waals surface area contributed by atoms with Crippen molar-refractivity contribution in [3.8, 4) is 0 Å². The highest BCUT2D eigenvalue weighted by atomic mass is 32.1. The Morgan fingerprint density at radius 3 is 2.95 bits per heavy atom. The Bertz CT molecular complexity index is 530. The Kier molecular flexibility index (Phi) is 3.78. The van der Waals surface area contributed by atoms with Gasteiger partial charge in [-0.15, -0.1) is 10.2 Å². The van der Waals surface area contributed by atoms with E-state index in [0.717, 1.165) is 57.0 Å². The molecular weight excluding hydrogens is 300 g/mol. The van der Waals surface area contributed by atoms with Crippen LogP contribution in [-0.4, -0.2) is 59.4 Å². The first-order chi connectivity index (χ1) is 10.8. The standard InChI is InChI=1S/C15H22N4O2S/c20-13(12-3-1-4-12)18-7-8-21-15(9-18)5-2-6-19(10-15)14-17-16-11-22-14/h11-12H,1-10H2/t15-/m1/s1. The fraction of sp³-hybridized carbons (Fsp3) is 0.800. The number of aromatic nitrogens is 2. The lowest BCUT2D eigenvalue weighted by Gasteiger charge is -2.48. The zero-order valence-electron chi connectivity index (χ0n) is 12.7. The Balaban J connectivity index is 1.46. The molecule has 1 aromatic heterocycles. The first-order valence-corrected chi connectivity index (χ1v) is 9.08. The number of hydrogen-bond donors (Lipinski definition) is 0. The van der Waals surface area contributed by atoms with Gasteiger partial charge in [0, 0.05) is 19.0 Å². The van der Waals surface area contributed by atoms with Crippen LogP contribution in [0.3, 0.4) is 0 Å². The second kappa shape index (κ2) is 5.77. The Morgan fingerprint density at radius 1 is 1.32 bits per heavy atom. The molecule has 2 saturated heterocycles. The van der Waals surface area contributed by atoms with Gasteiger partial charge in [0.1, 0.15) is 11.1 Å². The fourth-order valence-electron chi connectivity index (χ4n) is 3.76. The van der Waals surface area contributed by atoms with Gasteiger partial charge < -0.3 is 14.5 Å². The van der Waals surface area contributed by atoms with Crippen LogP contribution >= 0.6 is 11.3 Å². The number of amides is 1. The quantitative estimate of drug-likeness (QED) is 0.826. The maximum atomic E-state index is 12.6. The zero-order chi connectivity index (χ0) is 15.0. The summed E-state index contributed by atoms with van der Waals surface area (Å²) in [4.78, 5) is 16.9. The van der Waals surface area contributed by atoms with Crippen molar-refractivity contribution in [2.75, 3.05) is 37.7 Å². The summed E-state index contributed by atoms with van der Waals surface area (Å²) in [5, 5.41) is 9.08. The van der Waals surface area contributed by atoms with Crippen LogP contribution in [0.1, 0.15) is 32.1 Å². The van der Waals surface area contributed by atoms with Gasteiger partial charge >= 0.3 is 0 Å². The van der Waals surface area contributed by atoms with Gasteiger partial charge in [-0.1, -0.05) is 17.8 Å². The molecule has 22 heavy (non-hydrogen) atoms. The predicted octanol–water partition coefficient (Wildman–Crippen LogP) is 1.54. The van der Waals surface area contributed by atoms with E-state index in [9.17, 15) is 4.79 Å². The molecule has 1 aromatic rings. The molecule has 0 unspecified atom stereocenters. The molecule has 1 amide bonds. The third-order valence-electron chi connectivity index (χ3n) is 5.17. The first-order valence-electron chi connectivity index (χ1n) is 8.20. The van der Waals surface area contributed by atoms with Gasteiger partial charge in [0.05, 0.1) is 19.7 Å². The van der Waals surface area contributed by atoms with Gasteiger partial charge in [-0.25, -0.2) is 0 Å². The van der Waals surface area contributed by atoms with Crippen molar-refractivity contribution in [2.24, 2.45) is 5.92 Å². The summed E-state index contributed by atoms with van der Waals surface area (Å²) in [6.45, 7) is 3.95. The lowest BCUT2D eigenvalue weighted by Crippen LogP contribution is -2.61. The third kappa shape index (κ3) is 2.60. The van der Waals surface area contributed by atoms with Crippen LogP contribution in [-0.2, 0) is 9.53 Å². The van der Waals surface area contributed by atoms with E-state index in [1.807, 2.05) is 0 Å². The third-order valence-corrected chi connectivity index (χ3v) is 5.92. The molecule has 6 nitrogen and oxygen atoms in total. The predicted molar refractivity (Wildman–Crippen MR) is 84.0 cm³/mol. The van der Waals surface area contributed by atoms with Crippen molar-refractivity contribution in [1.29, 1.82) is 0 Å². The molecular formula is C15H22N4O2S. The van der Waals surface area contributed by atoms with Crippen LogP contribution in [0.4, 0.5) is 5.13 Å². The van der Waals surface area contributed by atoms with Crippen molar-refractivity contribution in [1.82, 2.24) is 15.1 Å². The molecule has 3 heterocycles.